The van der Waals surface area contributed by atoms with Crippen LogP contribution in [0.2, 0.25) is 13.1 Å². The second kappa shape index (κ2) is 3.64. The van der Waals surface area contributed by atoms with Crippen molar-refractivity contribution in [3.8, 4) is 0 Å². The SMILES string of the molecule is CC1=CCC(C)=C1[Si](C)(C)C1=CCC=C1. The molecule has 0 atom stereocenters. The molecule has 0 nitrogen and oxygen atoms in total. The molecule has 0 unspecified atom stereocenters. The predicted molar refractivity (Wildman–Crippen MR) is 70.4 cm³/mol. The van der Waals surface area contributed by atoms with Crippen molar-refractivity contribution in [1.82, 2.24) is 0 Å². The summed E-state index contributed by atoms with van der Waals surface area (Å²) in [5.74, 6) is 0. The van der Waals surface area contributed by atoms with Crippen LogP contribution in [0.4, 0.5) is 0 Å². The van der Waals surface area contributed by atoms with Gasteiger partial charge in [0.1, 0.15) is 8.07 Å². The zero-order chi connectivity index (χ0) is 11.1. The van der Waals surface area contributed by atoms with E-state index in [0.29, 0.717) is 0 Å². The van der Waals surface area contributed by atoms with Crippen LogP contribution in [0.1, 0.15) is 26.7 Å². The Kier molecular flexibility index (Phi) is 2.59. The Labute approximate surface area is 94.1 Å². The van der Waals surface area contributed by atoms with Crippen LogP contribution in [-0.4, -0.2) is 8.07 Å². The lowest BCUT2D eigenvalue weighted by Gasteiger charge is -2.27. The minimum Gasteiger partial charge on any atom is -0.0811 e. The van der Waals surface area contributed by atoms with Crippen molar-refractivity contribution >= 4 is 8.07 Å². The maximum Gasteiger partial charge on any atom is 0.112 e. The van der Waals surface area contributed by atoms with E-state index in [4.69, 9.17) is 0 Å². The van der Waals surface area contributed by atoms with E-state index < -0.39 is 8.07 Å². The Balaban J connectivity index is 2.41. The molecule has 0 heterocycles. The summed E-state index contributed by atoms with van der Waals surface area (Å²) in [6, 6.07) is 0. The topological polar surface area (TPSA) is 0 Å². The molecule has 0 N–H and O–H groups in total. The molecule has 1 heteroatoms. The van der Waals surface area contributed by atoms with E-state index in [1.54, 1.807) is 16.0 Å². The Morgan fingerprint density at radius 2 is 1.87 bits per heavy atom. The first kappa shape index (κ1) is 10.7. The fourth-order valence-corrected chi connectivity index (χ4v) is 6.65. The summed E-state index contributed by atoms with van der Waals surface area (Å²) in [5.41, 5.74) is 3.13. The number of allylic oxidation sites excluding steroid dienone is 8. The number of rotatable bonds is 2. The lowest BCUT2D eigenvalue weighted by molar-refractivity contribution is 1.24. The summed E-state index contributed by atoms with van der Waals surface area (Å²) >= 11 is 0. The van der Waals surface area contributed by atoms with E-state index in [0.717, 1.165) is 6.42 Å². The van der Waals surface area contributed by atoms with Crippen molar-refractivity contribution in [2.24, 2.45) is 0 Å². The molecule has 0 aromatic heterocycles. The quantitative estimate of drug-likeness (QED) is 0.603. The van der Waals surface area contributed by atoms with Crippen molar-refractivity contribution in [2.75, 3.05) is 0 Å². The molecule has 0 saturated heterocycles. The average Bonchev–Trinajstić information content (AvgIpc) is 2.75. The third-order valence-electron chi connectivity index (χ3n) is 3.65. The van der Waals surface area contributed by atoms with Gasteiger partial charge in [-0.05, 0) is 26.7 Å². The highest BCUT2D eigenvalue weighted by atomic mass is 28.3. The van der Waals surface area contributed by atoms with Gasteiger partial charge < -0.3 is 0 Å². The van der Waals surface area contributed by atoms with E-state index >= 15 is 0 Å². The second-order valence-corrected chi connectivity index (χ2v) is 9.50. The second-order valence-electron chi connectivity index (χ2n) is 5.17. The van der Waals surface area contributed by atoms with Crippen LogP contribution in [0.25, 0.3) is 0 Å². The molecule has 0 radical (unpaired) electrons. The van der Waals surface area contributed by atoms with Gasteiger partial charge in [0.15, 0.2) is 0 Å². The molecule has 2 aliphatic rings. The lowest BCUT2D eigenvalue weighted by atomic mass is 10.3. The van der Waals surface area contributed by atoms with Crippen molar-refractivity contribution < 1.29 is 0 Å². The molecule has 0 aliphatic heterocycles. The van der Waals surface area contributed by atoms with Crippen molar-refractivity contribution in [3.63, 3.8) is 0 Å². The Morgan fingerprint density at radius 1 is 1.13 bits per heavy atom. The molecule has 0 amide bonds. The molecule has 0 bridgehead atoms. The standard InChI is InChI=1S/C14H20Si/c1-11-9-10-12(2)14(11)15(3,4)13-7-5-6-8-13/h5,7-9H,6,10H2,1-4H3. The largest absolute Gasteiger partial charge is 0.112 e. The summed E-state index contributed by atoms with van der Waals surface area (Å²) in [6.45, 7) is 9.54. The van der Waals surface area contributed by atoms with Gasteiger partial charge in [-0.25, -0.2) is 0 Å². The van der Waals surface area contributed by atoms with Gasteiger partial charge in [-0.3, -0.25) is 0 Å². The van der Waals surface area contributed by atoms with Gasteiger partial charge in [-0.1, -0.05) is 58.9 Å². The molecular formula is C14H20Si. The summed E-state index contributed by atoms with van der Waals surface area (Å²) in [6.07, 6.45) is 11.7. The summed E-state index contributed by atoms with van der Waals surface area (Å²) in [7, 11) is -1.38. The Hall–Kier alpha value is -0.823. The van der Waals surface area contributed by atoms with E-state index in [1.807, 2.05) is 0 Å². The number of hydrogen-bond acceptors (Lipinski definition) is 0. The Morgan fingerprint density at radius 3 is 2.33 bits per heavy atom. The van der Waals surface area contributed by atoms with Gasteiger partial charge in [0, 0.05) is 0 Å². The molecule has 0 spiro atoms. The van der Waals surface area contributed by atoms with Crippen LogP contribution in [-0.2, 0) is 0 Å². The average molecular weight is 216 g/mol. The van der Waals surface area contributed by atoms with E-state index in [2.05, 4.69) is 51.2 Å². The van der Waals surface area contributed by atoms with E-state index in [1.165, 1.54) is 12.0 Å². The first-order chi connectivity index (χ1) is 7.03. The third-order valence-corrected chi connectivity index (χ3v) is 7.54. The van der Waals surface area contributed by atoms with Crippen LogP contribution in [0.5, 0.6) is 0 Å². The van der Waals surface area contributed by atoms with Crippen molar-refractivity contribution in [3.05, 3.63) is 45.8 Å². The highest BCUT2D eigenvalue weighted by Crippen LogP contribution is 2.38. The third kappa shape index (κ3) is 1.69. The molecule has 15 heavy (non-hydrogen) atoms. The lowest BCUT2D eigenvalue weighted by Crippen LogP contribution is -2.32. The van der Waals surface area contributed by atoms with E-state index in [9.17, 15) is 0 Å². The zero-order valence-electron chi connectivity index (χ0n) is 10.2. The number of hydrogen-bond donors (Lipinski definition) is 0. The normalized spacial score (nSPS) is 21.1. The van der Waals surface area contributed by atoms with E-state index in [-0.39, 0.29) is 0 Å². The first-order valence-electron chi connectivity index (χ1n) is 5.78. The molecule has 0 fully saturated rings. The van der Waals surface area contributed by atoms with Gasteiger partial charge in [-0.15, -0.1) is 0 Å². The van der Waals surface area contributed by atoms with Gasteiger partial charge in [0.25, 0.3) is 0 Å². The zero-order valence-corrected chi connectivity index (χ0v) is 11.2. The van der Waals surface area contributed by atoms with Gasteiger partial charge in [-0.2, -0.15) is 0 Å². The summed E-state index contributed by atoms with van der Waals surface area (Å²) in [5, 5.41) is 3.31. The van der Waals surface area contributed by atoms with Crippen LogP contribution in [0.15, 0.2) is 45.8 Å². The smallest absolute Gasteiger partial charge is 0.0811 e. The highest BCUT2D eigenvalue weighted by Gasteiger charge is 2.33. The van der Waals surface area contributed by atoms with Crippen LogP contribution in [0, 0.1) is 0 Å². The first-order valence-corrected chi connectivity index (χ1v) is 8.78. The van der Waals surface area contributed by atoms with Crippen LogP contribution in [0.3, 0.4) is 0 Å². The molecule has 0 saturated carbocycles. The van der Waals surface area contributed by atoms with Crippen molar-refractivity contribution in [2.45, 2.75) is 39.8 Å². The molecule has 0 aromatic rings. The maximum atomic E-state index is 2.48. The highest BCUT2D eigenvalue weighted by molar-refractivity contribution is 6.92. The van der Waals surface area contributed by atoms with Gasteiger partial charge in [0.05, 0.1) is 0 Å². The fraction of sp³-hybridized carbons (Fsp3) is 0.429. The fourth-order valence-electron chi connectivity index (χ4n) is 2.94. The molecule has 2 aliphatic carbocycles. The monoisotopic (exact) mass is 216 g/mol. The van der Waals surface area contributed by atoms with Gasteiger partial charge >= 0.3 is 0 Å². The molecule has 0 aromatic carbocycles. The van der Waals surface area contributed by atoms with Crippen LogP contribution < -0.4 is 0 Å². The van der Waals surface area contributed by atoms with Gasteiger partial charge in [0.2, 0.25) is 0 Å². The summed E-state index contributed by atoms with van der Waals surface area (Å²) in [4.78, 5) is 0. The summed E-state index contributed by atoms with van der Waals surface area (Å²) < 4.78 is 0. The molecular weight excluding hydrogens is 196 g/mol. The van der Waals surface area contributed by atoms with Crippen molar-refractivity contribution in [1.29, 1.82) is 0 Å². The maximum absolute atomic E-state index is 2.48. The molecule has 2 rings (SSSR count). The Bertz CT molecular complexity index is 403. The predicted octanol–water partition coefficient (Wildman–Crippen LogP) is 4.33. The minimum atomic E-state index is -1.38. The van der Waals surface area contributed by atoms with Crippen LogP contribution >= 0.6 is 0 Å². The minimum absolute atomic E-state index is 1.14. The molecule has 80 valence electrons.